The molecule has 0 aliphatic carbocycles. The normalized spacial score (nSPS) is 9.78. The number of hydrogen-bond donors (Lipinski definition) is 1. The fraction of sp³-hybridized carbons (Fsp3) is 0.0833. The molecule has 0 aromatic carbocycles. The number of thiophene rings is 1. The van der Waals surface area contributed by atoms with Crippen LogP contribution >= 0.6 is 11.3 Å². The maximum Gasteiger partial charge on any atom is 0.330 e. The zero-order valence-corrected chi connectivity index (χ0v) is 10.1. The lowest BCUT2D eigenvalue weighted by Crippen LogP contribution is -2.31. The molecule has 0 bridgehead atoms. The van der Waals surface area contributed by atoms with Gasteiger partial charge in [0.2, 0.25) is 0 Å². The summed E-state index contributed by atoms with van der Waals surface area (Å²) >= 11 is 1.43. The molecule has 0 radical (unpaired) electrons. The predicted molar refractivity (Wildman–Crippen MR) is 66.5 cm³/mol. The lowest BCUT2D eigenvalue weighted by molar-refractivity contribution is -0.133. The number of nitrogens with zero attached hydrogens (tertiary/aromatic N) is 1. The Morgan fingerprint density at radius 3 is 2.94 bits per heavy atom. The van der Waals surface area contributed by atoms with Crippen molar-refractivity contribution < 1.29 is 14.3 Å². The van der Waals surface area contributed by atoms with E-state index in [9.17, 15) is 9.59 Å². The fourth-order valence-electron chi connectivity index (χ4n) is 1.23. The summed E-state index contributed by atoms with van der Waals surface area (Å²) in [7, 11) is 0. The van der Waals surface area contributed by atoms with Crippen molar-refractivity contribution in [2.75, 3.05) is 6.54 Å². The minimum atomic E-state index is -0.509. The molecule has 0 saturated carbocycles. The highest BCUT2D eigenvalue weighted by Gasteiger charge is 2.09. The molecule has 5 nitrogen and oxygen atoms in total. The molecule has 2 aromatic heterocycles. The van der Waals surface area contributed by atoms with Gasteiger partial charge in [-0.15, -0.1) is 11.3 Å². The molecule has 0 fully saturated rings. The zero-order chi connectivity index (χ0) is 12.8. The van der Waals surface area contributed by atoms with E-state index in [1.165, 1.54) is 17.5 Å². The average molecular weight is 262 g/mol. The van der Waals surface area contributed by atoms with E-state index >= 15 is 0 Å². The summed E-state index contributed by atoms with van der Waals surface area (Å²) in [6.45, 7) is -0.177. The van der Waals surface area contributed by atoms with Crippen molar-refractivity contribution in [2.24, 2.45) is 0 Å². The molecule has 2 heterocycles. The number of amides is 1. The van der Waals surface area contributed by atoms with E-state index in [0.717, 1.165) is 0 Å². The second kappa shape index (κ2) is 5.92. The Morgan fingerprint density at radius 1 is 1.39 bits per heavy atom. The first-order valence-electron chi connectivity index (χ1n) is 5.17. The Hall–Kier alpha value is -2.21. The minimum Gasteiger partial charge on any atom is -0.424 e. The molecule has 0 aliphatic rings. The molecule has 92 valence electrons. The van der Waals surface area contributed by atoms with Gasteiger partial charge in [-0.25, -0.2) is 4.79 Å². The van der Waals surface area contributed by atoms with Crippen LogP contribution in [0.2, 0.25) is 0 Å². The molecular formula is C12H10N2O3S. The summed E-state index contributed by atoms with van der Waals surface area (Å²) < 4.78 is 4.98. The molecule has 0 unspecified atom stereocenters. The van der Waals surface area contributed by atoms with E-state index in [-0.39, 0.29) is 12.5 Å². The van der Waals surface area contributed by atoms with Gasteiger partial charge in [0.1, 0.15) is 12.3 Å². The standard InChI is InChI=1S/C12H10N2O3S/c15-11(17-10-3-5-18-8-10)7-14-12(16)9-2-1-4-13-6-9/h1-6,8H,7H2,(H,14,16). The van der Waals surface area contributed by atoms with Gasteiger partial charge in [0, 0.05) is 17.8 Å². The summed E-state index contributed by atoms with van der Waals surface area (Å²) in [5.41, 5.74) is 0.404. The largest absolute Gasteiger partial charge is 0.424 e. The van der Waals surface area contributed by atoms with Crippen molar-refractivity contribution in [1.29, 1.82) is 0 Å². The number of hydrogen-bond acceptors (Lipinski definition) is 5. The van der Waals surface area contributed by atoms with Gasteiger partial charge in [-0.3, -0.25) is 9.78 Å². The smallest absolute Gasteiger partial charge is 0.330 e. The van der Waals surface area contributed by atoms with Crippen molar-refractivity contribution >= 4 is 23.2 Å². The topological polar surface area (TPSA) is 68.3 Å². The molecule has 2 rings (SSSR count). The van der Waals surface area contributed by atoms with Crippen LogP contribution in [0.5, 0.6) is 5.75 Å². The zero-order valence-electron chi connectivity index (χ0n) is 9.33. The van der Waals surface area contributed by atoms with Gasteiger partial charge >= 0.3 is 5.97 Å². The van der Waals surface area contributed by atoms with E-state index in [1.807, 2.05) is 0 Å². The van der Waals surface area contributed by atoms with Crippen LogP contribution in [0, 0.1) is 0 Å². The SMILES string of the molecule is O=C(CNC(=O)c1cccnc1)Oc1ccsc1. The molecule has 1 N–H and O–H groups in total. The predicted octanol–water partition coefficient (Wildman–Crippen LogP) is 1.48. The summed E-state index contributed by atoms with van der Waals surface area (Å²) in [5, 5.41) is 5.97. The van der Waals surface area contributed by atoms with Crippen LogP contribution in [0.1, 0.15) is 10.4 Å². The van der Waals surface area contributed by atoms with Crippen molar-refractivity contribution in [3.05, 3.63) is 46.9 Å². The Kier molecular flexibility index (Phi) is 4.03. The average Bonchev–Trinajstić information content (AvgIpc) is 2.90. The second-order valence-electron chi connectivity index (χ2n) is 3.36. The number of esters is 1. The summed E-state index contributed by atoms with van der Waals surface area (Å²) in [6, 6.07) is 4.95. The van der Waals surface area contributed by atoms with Gasteiger partial charge in [0.15, 0.2) is 0 Å². The highest BCUT2D eigenvalue weighted by Crippen LogP contribution is 2.14. The molecule has 18 heavy (non-hydrogen) atoms. The highest BCUT2D eigenvalue weighted by atomic mass is 32.1. The molecular weight excluding hydrogens is 252 g/mol. The lowest BCUT2D eigenvalue weighted by Gasteiger charge is -2.04. The van der Waals surface area contributed by atoms with Crippen molar-refractivity contribution in [2.45, 2.75) is 0 Å². The van der Waals surface area contributed by atoms with Gasteiger partial charge in [-0.05, 0) is 23.6 Å². The quantitative estimate of drug-likeness (QED) is 0.847. The Morgan fingerprint density at radius 2 is 2.28 bits per heavy atom. The maximum absolute atomic E-state index is 11.6. The molecule has 0 saturated heterocycles. The van der Waals surface area contributed by atoms with Gasteiger partial charge in [0.05, 0.1) is 5.56 Å². The highest BCUT2D eigenvalue weighted by molar-refractivity contribution is 7.08. The van der Waals surface area contributed by atoms with E-state index < -0.39 is 5.97 Å². The van der Waals surface area contributed by atoms with Crippen LogP contribution in [0.3, 0.4) is 0 Å². The van der Waals surface area contributed by atoms with Gasteiger partial charge in [-0.2, -0.15) is 0 Å². The number of nitrogens with one attached hydrogen (secondary N) is 1. The molecule has 0 atom stereocenters. The first-order chi connectivity index (χ1) is 8.75. The van der Waals surface area contributed by atoms with Crippen LogP contribution < -0.4 is 10.1 Å². The van der Waals surface area contributed by atoms with Crippen molar-refractivity contribution in [3.63, 3.8) is 0 Å². The fourth-order valence-corrected chi connectivity index (χ4v) is 1.78. The molecule has 6 heteroatoms. The van der Waals surface area contributed by atoms with Crippen LogP contribution in [-0.2, 0) is 4.79 Å². The van der Waals surface area contributed by atoms with E-state index in [1.54, 1.807) is 35.2 Å². The van der Waals surface area contributed by atoms with Crippen LogP contribution in [-0.4, -0.2) is 23.4 Å². The molecule has 1 amide bonds. The van der Waals surface area contributed by atoms with E-state index in [2.05, 4.69) is 10.3 Å². The summed E-state index contributed by atoms with van der Waals surface area (Å²) in [6.07, 6.45) is 3.00. The number of carbonyl (C=O) groups is 2. The summed E-state index contributed by atoms with van der Waals surface area (Å²) in [5.74, 6) is -0.378. The number of carbonyl (C=O) groups excluding carboxylic acids is 2. The Labute approximate surface area is 107 Å². The first-order valence-corrected chi connectivity index (χ1v) is 6.11. The Bertz CT molecular complexity index is 526. The third kappa shape index (κ3) is 3.39. The summed E-state index contributed by atoms with van der Waals surface area (Å²) in [4.78, 5) is 26.8. The number of rotatable bonds is 4. The van der Waals surface area contributed by atoms with Crippen LogP contribution in [0.15, 0.2) is 41.4 Å². The monoisotopic (exact) mass is 262 g/mol. The minimum absolute atomic E-state index is 0.177. The second-order valence-corrected chi connectivity index (χ2v) is 4.14. The van der Waals surface area contributed by atoms with Gasteiger partial charge in [0.25, 0.3) is 5.91 Å². The van der Waals surface area contributed by atoms with Crippen molar-refractivity contribution in [1.82, 2.24) is 10.3 Å². The first kappa shape index (κ1) is 12.3. The molecule has 0 aliphatic heterocycles. The van der Waals surface area contributed by atoms with Gasteiger partial charge < -0.3 is 10.1 Å². The van der Waals surface area contributed by atoms with E-state index in [4.69, 9.17) is 4.74 Å². The van der Waals surface area contributed by atoms with Crippen molar-refractivity contribution in [3.8, 4) is 5.75 Å². The maximum atomic E-state index is 11.6. The molecule has 2 aromatic rings. The van der Waals surface area contributed by atoms with Crippen LogP contribution in [0.4, 0.5) is 0 Å². The lowest BCUT2D eigenvalue weighted by atomic mass is 10.3. The van der Waals surface area contributed by atoms with Crippen LogP contribution in [0.25, 0.3) is 0 Å². The number of aromatic nitrogens is 1. The third-order valence-electron chi connectivity index (χ3n) is 2.04. The number of pyridine rings is 1. The van der Waals surface area contributed by atoms with E-state index in [0.29, 0.717) is 11.3 Å². The Balaban J connectivity index is 1.81. The number of ether oxygens (including phenoxy) is 1. The van der Waals surface area contributed by atoms with Gasteiger partial charge in [-0.1, -0.05) is 0 Å². The molecule has 0 spiro atoms. The third-order valence-corrected chi connectivity index (χ3v) is 2.71.